The van der Waals surface area contributed by atoms with Gasteiger partial charge in [0.2, 0.25) is 0 Å². The standard InChI is InChI=1S/C9H10ClF3N2/c10-7-2-1-5(8(15)4-14)3-6(7)9(11,12)13/h1-3,8H,4,14-15H2. The lowest BCUT2D eigenvalue weighted by molar-refractivity contribution is -0.137. The van der Waals surface area contributed by atoms with E-state index in [0.29, 0.717) is 5.56 Å². The van der Waals surface area contributed by atoms with E-state index in [4.69, 9.17) is 23.1 Å². The summed E-state index contributed by atoms with van der Waals surface area (Å²) in [5.41, 5.74) is 10.2. The summed E-state index contributed by atoms with van der Waals surface area (Å²) < 4.78 is 37.3. The summed E-state index contributed by atoms with van der Waals surface area (Å²) in [6.45, 7) is 0.0823. The highest BCUT2D eigenvalue weighted by Gasteiger charge is 2.33. The van der Waals surface area contributed by atoms with Gasteiger partial charge in [0.05, 0.1) is 10.6 Å². The van der Waals surface area contributed by atoms with Crippen LogP contribution in [0.2, 0.25) is 5.02 Å². The lowest BCUT2D eigenvalue weighted by Gasteiger charge is -2.14. The summed E-state index contributed by atoms with van der Waals surface area (Å²) in [6, 6.07) is 2.94. The summed E-state index contributed by atoms with van der Waals surface area (Å²) in [4.78, 5) is 0. The summed E-state index contributed by atoms with van der Waals surface area (Å²) in [6.07, 6.45) is -4.47. The van der Waals surface area contributed by atoms with E-state index in [2.05, 4.69) is 0 Å². The molecule has 0 radical (unpaired) electrons. The molecule has 0 aliphatic carbocycles. The Morgan fingerprint density at radius 2 is 1.93 bits per heavy atom. The van der Waals surface area contributed by atoms with Gasteiger partial charge in [-0.3, -0.25) is 0 Å². The van der Waals surface area contributed by atoms with Gasteiger partial charge in [0.15, 0.2) is 0 Å². The Morgan fingerprint density at radius 3 is 2.40 bits per heavy atom. The number of hydrogen-bond acceptors (Lipinski definition) is 2. The minimum Gasteiger partial charge on any atom is -0.329 e. The zero-order chi connectivity index (χ0) is 11.6. The molecule has 0 aliphatic heterocycles. The smallest absolute Gasteiger partial charge is 0.329 e. The molecule has 1 aromatic carbocycles. The van der Waals surface area contributed by atoms with Crippen LogP contribution in [0.5, 0.6) is 0 Å². The molecule has 0 saturated carbocycles. The van der Waals surface area contributed by atoms with Crippen LogP contribution in [0.3, 0.4) is 0 Å². The molecule has 0 fully saturated rings. The van der Waals surface area contributed by atoms with Crippen LogP contribution in [0.4, 0.5) is 13.2 Å². The van der Waals surface area contributed by atoms with E-state index in [0.717, 1.165) is 6.07 Å². The SMILES string of the molecule is NCC(N)c1ccc(Cl)c(C(F)(F)F)c1. The summed E-state index contributed by atoms with van der Waals surface area (Å²) in [7, 11) is 0. The van der Waals surface area contributed by atoms with Crippen LogP contribution in [-0.4, -0.2) is 6.54 Å². The number of hydrogen-bond donors (Lipinski definition) is 2. The molecule has 1 atom stereocenters. The lowest BCUT2D eigenvalue weighted by Crippen LogP contribution is -2.21. The highest BCUT2D eigenvalue weighted by molar-refractivity contribution is 6.31. The van der Waals surface area contributed by atoms with Gasteiger partial charge in [-0.25, -0.2) is 0 Å². The van der Waals surface area contributed by atoms with Gasteiger partial charge in [-0.2, -0.15) is 13.2 Å². The molecule has 1 rings (SSSR count). The van der Waals surface area contributed by atoms with Crippen molar-refractivity contribution in [3.63, 3.8) is 0 Å². The van der Waals surface area contributed by atoms with Gasteiger partial charge in [-0.15, -0.1) is 0 Å². The van der Waals surface area contributed by atoms with Gasteiger partial charge in [0.1, 0.15) is 0 Å². The fourth-order valence-corrected chi connectivity index (χ4v) is 1.35. The predicted octanol–water partition coefficient (Wildman–Crippen LogP) is 2.32. The Hall–Kier alpha value is -0.780. The quantitative estimate of drug-likeness (QED) is 0.831. The van der Waals surface area contributed by atoms with Crippen molar-refractivity contribution in [3.8, 4) is 0 Å². The molecule has 0 saturated heterocycles. The van der Waals surface area contributed by atoms with Crippen molar-refractivity contribution in [1.82, 2.24) is 0 Å². The van der Waals surface area contributed by atoms with E-state index < -0.39 is 17.8 Å². The van der Waals surface area contributed by atoms with Gasteiger partial charge in [0, 0.05) is 12.6 Å². The van der Waals surface area contributed by atoms with E-state index in [1.807, 2.05) is 0 Å². The maximum Gasteiger partial charge on any atom is 0.417 e. The number of halogens is 4. The Balaban J connectivity index is 3.17. The average Bonchev–Trinajstić information content (AvgIpc) is 2.15. The van der Waals surface area contributed by atoms with Crippen LogP contribution in [0.25, 0.3) is 0 Å². The maximum atomic E-state index is 12.4. The molecule has 0 aliphatic rings. The molecule has 0 aromatic heterocycles. The largest absolute Gasteiger partial charge is 0.417 e. The molecular formula is C9H10ClF3N2. The predicted molar refractivity (Wildman–Crippen MR) is 52.4 cm³/mol. The molecule has 84 valence electrons. The highest BCUT2D eigenvalue weighted by Crippen LogP contribution is 2.35. The summed E-state index contributed by atoms with van der Waals surface area (Å²) in [5, 5.41) is -0.338. The minimum absolute atomic E-state index is 0.0823. The van der Waals surface area contributed by atoms with Gasteiger partial charge in [0.25, 0.3) is 0 Å². The number of alkyl halides is 3. The van der Waals surface area contributed by atoms with Crippen LogP contribution in [0.15, 0.2) is 18.2 Å². The third-order valence-electron chi connectivity index (χ3n) is 1.98. The van der Waals surface area contributed by atoms with Gasteiger partial charge >= 0.3 is 6.18 Å². The number of nitrogens with two attached hydrogens (primary N) is 2. The van der Waals surface area contributed by atoms with Crippen molar-refractivity contribution in [2.24, 2.45) is 11.5 Å². The van der Waals surface area contributed by atoms with Crippen molar-refractivity contribution in [2.45, 2.75) is 12.2 Å². The first-order valence-electron chi connectivity index (χ1n) is 4.18. The van der Waals surface area contributed by atoms with Crippen LogP contribution in [-0.2, 0) is 6.18 Å². The Morgan fingerprint density at radius 1 is 1.33 bits per heavy atom. The van der Waals surface area contributed by atoms with Crippen molar-refractivity contribution >= 4 is 11.6 Å². The monoisotopic (exact) mass is 238 g/mol. The van der Waals surface area contributed by atoms with Crippen molar-refractivity contribution in [2.75, 3.05) is 6.54 Å². The van der Waals surface area contributed by atoms with Crippen molar-refractivity contribution in [3.05, 3.63) is 34.3 Å². The second kappa shape index (κ2) is 4.38. The molecule has 1 aromatic rings. The summed E-state index contributed by atoms with van der Waals surface area (Å²) in [5.74, 6) is 0. The zero-order valence-corrected chi connectivity index (χ0v) is 8.44. The van der Waals surface area contributed by atoms with Crippen molar-refractivity contribution in [1.29, 1.82) is 0 Å². The first-order valence-corrected chi connectivity index (χ1v) is 4.56. The average molecular weight is 239 g/mol. The molecule has 0 amide bonds. The molecule has 0 heterocycles. The van der Waals surface area contributed by atoms with Gasteiger partial charge < -0.3 is 11.5 Å². The lowest BCUT2D eigenvalue weighted by atomic mass is 10.0. The van der Waals surface area contributed by atoms with Gasteiger partial charge in [-0.1, -0.05) is 17.7 Å². The van der Waals surface area contributed by atoms with Crippen LogP contribution in [0.1, 0.15) is 17.2 Å². The minimum atomic E-state index is -4.47. The highest BCUT2D eigenvalue weighted by atomic mass is 35.5. The van der Waals surface area contributed by atoms with Gasteiger partial charge in [-0.05, 0) is 17.7 Å². The molecule has 1 unspecified atom stereocenters. The number of rotatable bonds is 2. The fourth-order valence-electron chi connectivity index (χ4n) is 1.13. The second-order valence-corrected chi connectivity index (χ2v) is 3.49. The van der Waals surface area contributed by atoms with E-state index >= 15 is 0 Å². The Bertz CT molecular complexity index is 352. The molecule has 15 heavy (non-hydrogen) atoms. The summed E-state index contributed by atoms with van der Waals surface area (Å²) >= 11 is 5.44. The molecule has 2 nitrogen and oxygen atoms in total. The normalized spacial score (nSPS) is 14.0. The second-order valence-electron chi connectivity index (χ2n) is 3.08. The van der Waals surface area contributed by atoms with Crippen LogP contribution < -0.4 is 11.5 Å². The van der Waals surface area contributed by atoms with E-state index in [-0.39, 0.29) is 11.6 Å². The Kier molecular flexibility index (Phi) is 3.59. The molecule has 6 heteroatoms. The maximum absolute atomic E-state index is 12.4. The third kappa shape index (κ3) is 2.84. The zero-order valence-electron chi connectivity index (χ0n) is 7.68. The molecule has 0 bridgehead atoms. The topological polar surface area (TPSA) is 52.0 Å². The first-order chi connectivity index (χ1) is 6.86. The van der Waals surface area contributed by atoms with E-state index in [1.165, 1.54) is 12.1 Å². The molecular weight excluding hydrogens is 229 g/mol. The molecule has 4 N–H and O–H groups in total. The fraction of sp³-hybridized carbons (Fsp3) is 0.333. The molecule has 0 spiro atoms. The number of benzene rings is 1. The van der Waals surface area contributed by atoms with Crippen molar-refractivity contribution < 1.29 is 13.2 Å². The van der Waals surface area contributed by atoms with Crippen LogP contribution in [0, 0.1) is 0 Å². The Labute approximate surface area is 90.0 Å². The third-order valence-corrected chi connectivity index (χ3v) is 2.31. The first kappa shape index (κ1) is 12.3. The van der Waals surface area contributed by atoms with Crippen LogP contribution >= 0.6 is 11.6 Å². The van der Waals surface area contributed by atoms with E-state index in [9.17, 15) is 13.2 Å². The van der Waals surface area contributed by atoms with E-state index in [1.54, 1.807) is 0 Å².